The van der Waals surface area contributed by atoms with Crippen molar-refractivity contribution >= 4 is 11.8 Å². The Bertz CT molecular complexity index is 334. The molecule has 0 bridgehead atoms. The van der Waals surface area contributed by atoms with Crippen LogP contribution in [0.4, 0.5) is 0 Å². The van der Waals surface area contributed by atoms with Crippen LogP contribution >= 0.6 is 11.8 Å². The van der Waals surface area contributed by atoms with E-state index >= 15 is 0 Å². The summed E-state index contributed by atoms with van der Waals surface area (Å²) in [6, 6.07) is 11.6. The third-order valence-electron chi connectivity index (χ3n) is 3.89. The van der Waals surface area contributed by atoms with Gasteiger partial charge in [0, 0.05) is 6.04 Å². The highest BCUT2D eigenvalue weighted by Gasteiger charge is 2.31. The Morgan fingerprint density at radius 2 is 1.84 bits per heavy atom. The van der Waals surface area contributed by atoms with Gasteiger partial charge in [0.2, 0.25) is 0 Å². The number of thioether (sulfide) groups is 1. The highest BCUT2D eigenvalue weighted by atomic mass is 32.2. The molecule has 1 N–H and O–H groups in total. The van der Waals surface area contributed by atoms with Crippen LogP contribution in [0.15, 0.2) is 30.3 Å². The molecule has 1 fully saturated rings. The summed E-state index contributed by atoms with van der Waals surface area (Å²) in [5.41, 5.74) is 1.48. The van der Waals surface area contributed by atoms with E-state index in [0.29, 0.717) is 6.04 Å². The molecule has 0 radical (unpaired) electrons. The van der Waals surface area contributed by atoms with E-state index in [9.17, 15) is 0 Å². The first-order valence-corrected chi connectivity index (χ1v) is 9.08. The lowest BCUT2D eigenvalue weighted by atomic mass is 10.0. The predicted molar refractivity (Wildman–Crippen MR) is 86.8 cm³/mol. The number of rotatable bonds is 10. The Hall–Kier alpha value is -0.470. The minimum atomic E-state index is 0.604. The summed E-state index contributed by atoms with van der Waals surface area (Å²) in [4.78, 5) is 0. The lowest BCUT2D eigenvalue weighted by Gasteiger charge is -2.18. The van der Waals surface area contributed by atoms with E-state index in [1.165, 1.54) is 56.4 Å². The largest absolute Gasteiger partial charge is 0.310 e. The van der Waals surface area contributed by atoms with Crippen molar-refractivity contribution in [1.29, 1.82) is 0 Å². The molecule has 1 nitrogen and oxygen atoms in total. The van der Waals surface area contributed by atoms with Crippen LogP contribution in [0.3, 0.4) is 0 Å². The Balaban J connectivity index is 1.65. The molecular weight excluding hydrogens is 250 g/mol. The number of hydrogen-bond donors (Lipinski definition) is 1. The van der Waals surface area contributed by atoms with Crippen molar-refractivity contribution in [2.45, 2.75) is 44.6 Å². The van der Waals surface area contributed by atoms with Crippen LogP contribution in [0.5, 0.6) is 0 Å². The Morgan fingerprint density at radius 1 is 1.11 bits per heavy atom. The third-order valence-corrected chi connectivity index (χ3v) is 4.59. The topological polar surface area (TPSA) is 12.0 Å². The average Bonchev–Trinajstić information content (AvgIpc) is 3.27. The van der Waals surface area contributed by atoms with Crippen molar-refractivity contribution in [1.82, 2.24) is 5.32 Å². The van der Waals surface area contributed by atoms with Gasteiger partial charge >= 0.3 is 0 Å². The summed E-state index contributed by atoms with van der Waals surface area (Å²) in [5, 5.41) is 3.78. The Labute approximate surface area is 122 Å². The van der Waals surface area contributed by atoms with Crippen LogP contribution in [-0.2, 0) is 0 Å². The maximum Gasteiger partial charge on any atom is 0.0348 e. The van der Waals surface area contributed by atoms with E-state index < -0.39 is 0 Å². The average molecular weight is 277 g/mol. The maximum atomic E-state index is 3.78. The second kappa shape index (κ2) is 8.65. The van der Waals surface area contributed by atoms with Gasteiger partial charge in [-0.2, -0.15) is 11.8 Å². The number of unbranched alkanes of at least 4 members (excludes halogenated alkanes) is 3. The van der Waals surface area contributed by atoms with Crippen molar-refractivity contribution in [3.05, 3.63) is 35.9 Å². The molecule has 1 unspecified atom stereocenters. The molecule has 1 aliphatic rings. The summed E-state index contributed by atoms with van der Waals surface area (Å²) in [6.45, 7) is 1.18. The predicted octanol–water partition coefficient (Wildman–Crippen LogP) is 4.65. The van der Waals surface area contributed by atoms with Crippen molar-refractivity contribution in [3.63, 3.8) is 0 Å². The molecule has 0 aliphatic heterocycles. The van der Waals surface area contributed by atoms with Gasteiger partial charge in [0.25, 0.3) is 0 Å². The monoisotopic (exact) mass is 277 g/mol. The van der Waals surface area contributed by atoms with Crippen molar-refractivity contribution in [3.8, 4) is 0 Å². The molecule has 1 saturated carbocycles. The van der Waals surface area contributed by atoms with Crippen LogP contribution in [0.25, 0.3) is 0 Å². The first kappa shape index (κ1) is 14.9. The van der Waals surface area contributed by atoms with E-state index in [-0.39, 0.29) is 0 Å². The molecule has 1 aromatic rings. The van der Waals surface area contributed by atoms with Gasteiger partial charge in [-0.05, 0) is 55.7 Å². The molecule has 2 heteroatoms. The maximum absolute atomic E-state index is 3.78. The van der Waals surface area contributed by atoms with Crippen LogP contribution in [0, 0.1) is 5.92 Å². The Kier molecular flexibility index (Phi) is 6.80. The van der Waals surface area contributed by atoms with E-state index in [0.717, 1.165) is 5.92 Å². The zero-order chi connectivity index (χ0) is 13.3. The normalized spacial score (nSPS) is 16.5. The molecule has 0 amide bonds. The summed E-state index contributed by atoms with van der Waals surface area (Å²) in [5.74, 6) is 2.21. The highest BCUT2D eigenvalue weighted by molar-refractivity contribution is 7.98. The molecule has 1 aliphatic carbocycles. The van der Waals surface area contributed by atoms with Gasteiger partial charge in [-0.3, -0.25) is 0 Å². The van der Waals surface area contributed by atoms with Crippen molar-refractivity contribution in [2.75, 3.05) is 18.6 Å². The van der Waals surface area contributed by atoms with Gasteiger partial charge in [0.1, 0.15) is 0 Å². The number of benzene rings is 1. The fraction of sp³-hybridized carbons (Fsp3) is 0.647. The van der Waals surface area contributed by atoms with Gasteiger partial charge in [0.05, 0.1) is 0 Å². The van der Waals surface area contributed by atoms with Crippen molar-refractivity contribution in [2.24, 2.45) is 5.92 Å². The fourth-order valence-electron chi connectivity index (χ4n) is 2.63. The smallest absolute Gasteiger partial charge is 0.0348 e. The SMILES string of the molecule is CSCCCCCCNC(c1ccccc1)C1CC1. The van der Waals surface area contributed by atoms with Gasteiger partial charge in [0.15, 0.2) is 0 Å². The van der Waals surface area contributed by atoms with E-state index in [1.807, 2.05) is 11.8 Å². The third kappa shape index (κ3) is 5.58. The van der Waals surface area contributed by atoms with Gasteiger partial charge < -0.3 is 5.32 Å². The first-order chi connectivity index (χ1) is 9.42. The summed E-state index contributed by atoms with van der Waals surface area (Å²) in [6.07, 6.45) is 10.5. The second-order valence-electron chi connectivity index (χ2n) is 5.59. The molecule has 106 valence electrons. The molecular formula is C17H27NS. The second-order valence-corrected chi connectivity index (χ2v) is 6.57. The zero-order valence-electron chi connectivity index (χ0n) is 12.1. The molecule has 0 heterocycles. The Morgan fingerprint density at radius 3 is 2.53 bits per heavy atom. The van der Waals surface area contributed by atoms with Gasteiger partial charge in [-0.15, -0.1) is 0 Å². The van der Waals surface area contributed by atoms with E-state index in [1.54, 1.807) is 0 Å². The lowest BCUT2D eigenvalue weighted by Crippen LogP contribution is -2.24. The van der Waals surface area contributed by atoms with Crippen LogP contribution in [0.2, 0.25) is 0 Å². The summed E-state index contributed by atoms with van der Waals surface area (Å²) in [7, 11) is 0. The highest BCUT2D eigenvalue weighted by Crippen LogP contribution is 2.40. The number of hydrogen-bond acceptors (Lipinski definition) is 2. The standard InChI is InChI=1S/C17H27NS/c1-19-14-8-3-2-7-13-18-17(16-11-12-16)15-9-5-4-6-10-15/h4-6,9-10,16-18H,2-3,7-8,11-14H2,1H3. The lowest BCUT2D eigenvalue weighted by molar-refractivity contribution is 0.467. The summed E-state index contributed by atoms with van der Waals surface area (Å²) < 4.78 is 0. The van der Waals surface area contributed by atoms with Gasteiger partial charge in [-0.25, -0.2) is 0 Å². The van der Waals surface area contributed by atoms with Gasteiger partial charge in [-0.1, -0.05) is 43.2 Å². The van der Waals surface area contributed by atoms with Crippen LogP contribution in [0.1, 0.15) is 50.1 Å². The fourth-order valence-corrected chi connectivity index (χ4v) is 3.12. The minimum Gasteiger partial charge on any atom is -0.310 e. The summed E-state index contributed by atoms with van der Waals surface area (Å²) >= 11 is 1.96. The molecule has 2 rings (SSSR count). The molecule has 19 heavy (non-hydrogen) atoms. The quantitative estimate of drug-likeness (QED) is 0.625. The zero-order valence-corrected chi connectivity index (χ0v) is 12.9. The molecule has 0 aromatic heterocycles. The molecule has 0 spiro atoms. The van der Waals surface area contributed by atoms with E-state index in [4.69, 9.17) is 0 Å². The van der Waals surface area contributed by atoms with E-state index in [2.05, 4.69) is 41.9 Å². The minimum absolute atomic E-state index is 0.604. The first-order valence-electron chi connectivity index (χ1n) is 7.69. The van der Waals surface area contributed by atoms with Crippen LogP contribution < -0.4 is 5.32 Å². The van der Waals surface area contributed by atoms with Crippen LogP contribution in [-0.4, -0.2) is 18.6 Å². The number of nitrogens with one attached hydrogen (secondary N) is 1. The van der Waals surface area contributed by atoms with Crippen molar-refractivity contribution < 1.29 is 0 Å². The molecule has 1 atom stereocenters. The molecule has 1 aromatic carbocycles. The molecule has 0 saturated heterocycles.